The summed E-state index contributed by atoms with van der Waals surface area (Å²) in [6.07, 6.45) is 1.10. The molecule has 0 radical (unpaired) electrons. The summed E-state index contributed by atoms with van der Waals surface area (Å²) in [6, 6.07) is 8.20. The second kappa shape index (κ2) is 9.77. The van der Waals surface area contributed by atoms with E-state index in [1.165, 1.54) is 5.56 Å². The molecule has 0 spiro atoms. The van der Waals surface area contributed by atoms with E-state index in [4.69, 9.17) is 9.47 Å². The first-order valence-corrected chi connectivity index (χ1v) is 8.78. The number of ether oxygens (including phenoxy) is 2. The highest BCUT2D eigenvalue weighted by atomic mass is 16.5. The largest absolute Gasteiger partial charge is 0.466 e. The van der Waals surface area contributed by atoms with Gasteiger partial charge in [0.2, 0.25) is 0 Å². The average Bonchev–Trinajstić information content (AvgIpc) is 2.57. The van der Waals surface area contributed by atoms with E-state index in [9.17, 15) is 9.90 Å². The van der Waals surface area contributed by atoms with Crippen molar-refractivity contribution in [3.63, 3.8) is 0 Å². The van der Waals surface area contributed by atoms with Crippen molar-refractivity contribution < 1.29 is 19.4 Å². The predicted octanol–water partition coefficient (Wildman–Crippen LogP) is 2.15. The molecule has 1 saturated heterocycles. The van der Waals surface area contributed by atoms with E-state index < -0.39 is 6.10 Å². The van der Waals surface area contributed by atoms with Gasteiger partial charge < -0.3 is 19.5 Å². The quantitative estimate of drug-likeness (QED) is 0.738. The Balaban J connectivity index is 1.62. The molecule has 0 bridgehead atoms. The summed E-state index contributed by atoms with van der Waals surface area (Å²) in [6.45, 7) is 7.39. The fourth-order valence-corrected chi connectivity index (χ4v) is 2.96. The van der Waals surface area contributed by atoms with Gasteiger partial charge in [-0.2, -0.15) is 0 Å². The lowest BCUT2D eigenvalue weighted by Gasteiger charge is -2.32. The van der Waals surface area contributed by atoms with Gasteiger partial charge in [-0.15, -0.1) is 0 Å². The standard InChI is InChI=1S/C19H29NO4/c1-3-24-19(22)17-8-10-20(11-9-17)12-18(21)14-23-13-16-6-4-15(2)5-7-16/h4-7,17-18,21H,3,8-14H2,1-2H3/t18-/m1/s1. The summed E-state index contributed by atoms with van der Waals surface area (Å²) in [4.78, 5) is 13.9. The molecule has 1 aliphatic heterocycles. The van der Waals surface area contributed by atoms with Gasteiger partial charge in [-0.25, -0.2) is 0 Å². The van der Waals surface area contributed by atoms with Crippen LogP contribution in [0.3, 0.4) is 0 Å². The van der Waals surface area contributed by atoms with Crippen molar-refractivity contribution in [3.05, 3.63) is 35.4 Å². The Hall–Kier alpha value is -1.43. The Bertz CT molecular complexity index is 495. The molecule has 0 aromatic heterocycles. The molecule has 2 rings (SSSR count). The number of likely N-dealkylation sites (tertiary alicyclic amines) is 1. The van der Waals surface area contributed by atoms with Crippen molar-refractivity contribution in [2.24, 2.45) is 5.92 Å². The number of hydrogen-bond donors (Lipinski definition) is 1. The molecule has 1 aromatic carbocycles. The molecule has 134 valence electrons. The predicted molar refractivity (Wildman–Crippen MR) is 92.6 cm³/mol. The van der Waals surface area contributed by atoms with Crippen LogP contribution in [0.25, 0.3) is 0 Å². The maximum atomic E-state index is 11.7. The van der Waals surface area contributed by atoms with E-state index in [1.807, 2.05) is 19.1 Å². The molecular formula is C19H29NO4. The van der Waals surface area contributed by atoms with Crippen molar-refractivity contribution in [1.29, 1.82) is 0 Å². The molecule has 1 heterocycles. The van der Waals surface area contributed by atoms with Gasteiger partial charge in [0.1, 0.15) is 0 Å². The Morgan fingerprint density at radius 3 is 2.58 bits per heavy atom. The van der Waals surface area contributed by atoms with Crippen LogP contribution < -0.4 is 0 Å². The van der Waals surface area contributed by atoms with Gasteiger partial charge in [0.15, 0.2) is 0 Å². The van der Waals surface area contributed by atoms with Crippen LogP contribution in [0, 0.1) is 12.8 Å². The van der Waals surface area contributed by atoms with Gasteiger partial charge in [0.05, 0.1) is 31.8 Å². The number of benzene rings is 1. The number of piperidine rings is 1. The van der Waals surface area contributed by atoms with Crippen molar-refractivity contribution in [2.75, 3.05) is 32.8 Å². The Morgan fingerprint density at radius 1 is 1.29 bits per heavy atom. The normalized spacial score (nSPS) is 17.6. The van der Waals surface area contributed by atoms with Gasteiger partial charge in [-0.3, -0.25) is 4.79 Å². The van der Waals surface area contributed by atoms with E-state index >= 15 is 0 Å². The Morgan fingerprint density at radius 2 is 1.96 bits per heavy atom. The number of hydrogen-bond acceptors (Lipinski definition) is 5. The van der Waals surface area contributed by atoms with Crippen molar-refractivity contribution in [2.45, 2.75) is 39.4 Å². The van der Waals surface area contributed by atoms with Gasteiger partial charge in [-0.05, 0) is 45.3 Å². The number of aryl methyl sites for hydroxylation is 1. The second-order valence-electron chi connectivity index (χ2n) is 6.48. The van der Waals surface area contributed by atoms with Crippen LogP contribution in [-0.2, 0) is 20.9 Å². The molecule has 1 fully saturated rings. The summed E-state index contributed by atoms with van der Waals surface area (Å²) >= 11 is 0. The highest BCUT2D eigenvalue weighted by molar-refractivity contribution is 5.72. The van der Waals surface area contributed by atoms with Crippen LogP contribution in [-0.4, -0.2) is 54.9 Å². The topological polar surface area (TPSA) is 59.0 Å². The molecule has 1 aliphatic rings. The molecule has 5 nitrogen and oxygen atoms in total. The molecule has 1 atom stereocenters. The fourth-order valence-electron chi connectivity index (χ4n) is 2.96. The molecular weight excluding hydrogens is 306 g/mol. The summed E-state index contributed by atoms with van der Waals surface area (Å²) in [5.74, 6) is -0.0738. The third kappa shape index (κ3) is 6.23. The number of carbonyl (C=O) groups is 1. The first kappa shape index (κ1) is 18.9. The lowest BCUT2D eigenvalue weighted by molar-refractivity contribution is -0.149. The van der Waals surface area contributed by atoms with E-state index in [0.717, 1.165) is 31.5 Å². The second-order valence-corrected chi connectivity index (χ2v) is 6.48. The minimum atomic E-state index is -0.505. The minimum Gasteiger partial charge on any atom is -0.466 e. The lowest BCUT2D eigenvalue weighted by atomic mass is 9.97. The van der Waals surface area contributed by atoms with Crippen molar-refractivity contribution in [1.82, 2.24) is 4.90 Å². The van der Waals surface area contributed by atoms with E-state index in [2.05, 4.69) is 24.0 Å². The van der Waals surface area contributed by atoms with Gasteiger partial charge in [-0.1, -0.05) is 29.8 Å². The lowest BCUT2D eigenvalue weighted by Crippen LogP contribution is -2.41. The monoisotopic (exact) mass is 335 g/mol. The maximum Gasteiger partial charge on any atom is 0.309 e. The SMILES string of the molecule is CCOC(=O)C1CCN(C[C@@H](O)COCc2ccc(C)cc2)CC1. The van der Waals surface area contributed by atoms with E-state index in [0.29, 0.717) is 26.4 Å². The number of carbonyl (C=O) groups excluding carboxylic acids is 1. The molecule has 24 heavy (non-hydrogen) atoms. The van der Waals surface area contributed by atoms with Gasteiger partial charge in [0, 0.05) is 6.54 Å². The van der Waals surface area contributed by atoms with Crippen LogP contribution in [0.5, 0.6) is 0 Å². The zero-order valence-electron chi connectivity index (χ0n) is 14.7. The molecule has 1 aromatic rings. The summed E-state index contributed by atoms with van der Waals surface area (Å²) in [5.41, 5.74) is 2.34. The Kier molecular flexibility index (Phi) is 7.69. The number of nitrogens with zero attached hydrogens (tertiary/aromatic N) is 1. The number of rotatable bonds is 8. The van der Waals surface area contributed by atoms with Gasteiger partial charge >= 0.3 is 5.97 Å². The highest BCUT2D eigenvalue weighted by Gasteiger charge is 2.26. The number of β-amino-alcohol motifs (C(OH)–C–C–N with tert-alkyl or cyclic N) is 1. The van der Waals surface area contributed by atoms with Crippen LogP contribution in [0.15, 0.2) is 24.3 Å². The zero-order chi connectivity index (χ0) is 17.4. The molecule has 1 N–H and O–H groups in total. The molecule has 0 saturated carbocycles. The number of aliphatic hydroxyl groups excluding tert-OH is 1. The third-order valence-corrected chi connectivity index (χ3v) is 4.38. The average molecular weight is 335 g/mol. The van der Waals surface area contributed by atoms with Crippen LogP contribution in [0.2, 0.25) is 0 Å². The Labute approximate surface area is 144 Å². The maximum absolute atomic E-state index is 11.7. The van der Waals surface area contributed by atoms with Crippen molar-refractivity contribution in [3.8, 4) is 0 Å². The zero-order valence-corrected chi connectivity index (χ0v) is 14.7. The molecule has 0 amide bonds. The number of aliphatic hydroxyl groups is 1. The van der Waals surface area contributed by atoms with Crippen molar-refractivity contribution >= 4 is 5.97 Å². The minimum absolute atomic E-state index is 0.0103. The van der Waals surface area contributed by atoms with E-state index in [1.54, 1.807) is 0 Å². The van der Waals surface area contributed by atoms with Crippen LogP contribution >= 0.6 is 0 Å². The first-order chi connectivity index (χ1) is 11.6. The number of esters is 1. The molecule has 0 aliphatic carbocycles. The van der Waals surface area contributed by atoms with Crippen LogP contribution in [0.1, 0.15) is 30.9 Å². The molecule has 0 unspecified atom stereocenters. The third-order valence-electron chi connectivity index (χ3n) is 4.38. The summed E-state index contributed by atoms with van der Waals surface area (Å²) in [7, 11) is 0. The van der Waals surface area contributed by atoms with E-state index in [-0.39, 0.29) is 11.9 Å². The van der Waals surface area contributed by atoms with Gasteiger partial charge in [0.25, 0.3) is 0 Å². The smallest absolute Gasteiger partial charge is 0.309 e. The summed E-state index contributed by atoms with van der Waals surface area (Å²) < 4.78 is 10.7. The first-order valence-electron chi connectivity index (χ1n) is 8.78. The fraction of sp³-hybridized carbons (Fsp3) is 0.632. The molecule has 5 heteroatoms. The summed E-state index contributed by atoms with van der Waals surface area (Å²) in [5, 5.41) is 10.1. The van der Waals surface area contributed by atoms with Crippen LogP contribution in [0.4, 0.5) is 0 Å². The highest BCUT2D eigenvalue weighted by Crippen LogP contribution is 2.18.